The van der Waals surface area contributed by atoms with Crippen molar-refractivity contribution in [2.45, 2.75) is 43.4 Å². The number of hydrogen-bond acceptors (Lipinski definition) is 8. The van der Waals surface area contributed by atoms with Gasteiger partial charge in [-0.25, -0.2) is 0 Å². The van der Waals surface area contributed by atoms with E-state index in [4.69, 9.17) is 4.74 Å². The quantitative estimate of drug-likeness (QED) is 0.398. The van der Waals surface area contributed by atoms with Gasteiger partial charge in [0.1, 0.15) is 6.54 Å². The maximum absolute atomic E-state index is 12.2. The summed E-state index contributed by atoms with van der Waals surface area (Å²) >= 11 is 2.44. The lowest BCUT2D eigenvalue weighted by molar-refractivity contribution is -0.143. The average Bonchev–Trinajstić information content (AvgIpc) is 3.06. The van der Waals surface area contributed by atoms with Crippen LogP contribution in [0, 0.1) is 5.92 Å². The zero-order valence-corrected chi connectivity index (χ0v) is 15.7. The third-order valence-electron chi connectivity index (χ3n) is 3.67. The Morgan fingerprint density at radius 3 is 2.72 bits per heavy atom. The number of ether oxygens (including phenoxy) is 1. The first-order valence-electron chi connectivity index (χ1n) is 8.28. The van der Waals surface area contributed by atoms with Gasteiger partial charge in [-0.05, 0) is 19.8 Å². The molecule has 25 heavy (non-hydrogen) atoms. The minimum Gasteiger partial charge on any atom is -0.465 e. The van der Waals surface area contributed by atoms with E-state index in [1.54, 1.807) is 6.92 Å². The smallest absolute Gasteiger partial charge is 0.325 e. The summed E-state index contributed by atoms with van der Waals surface area (Å²) in [6, 6.07) is 0. The van der Waals surface area contributed by atoms with E-state index in [-0.39, 0.29) is 36.6 Å². The number of nitrogens with one attached hydrogen (secondary N) is 2. The Morgan fingerprint density at radius 1 is 1.24 bits per heavy atom. The Hall–Kier alpha value is -1.68. The summed E-state index contributed by atoms with van der Waals surface area (Å²) in [6.45, 7) is 1.84. The van der Waals surface area contributed by atoms with Crippen LogP contribution in [0.5, 0.6) is 0 Å². The molecule has 0 unspecified atom stereocenters. The molecule has 2 amide bonds. The van der Waals surface area contributed by atoms with Gasteiger partial charge < -0.3 is 15.4 Å². The molecule has 1 aliphatic carbocycles. The normalized spacial score (nSPS) is 14.8. The highest BCUT2D eigenvalue weighted by molar-refractivity contribution is 8.01. The van der Waals surface area contributed by atoms with Crippen LogP contribution in [0.1, 0.15) is 39.0 Å². The second kappa shape index (κ2) is 10.3. The summed E-state index contributed by atoms with van der Waals surface area (Å²) in [4.78, 5) is 35.0. The van der Waals surface area contributed by atoms with Gasteiger partial charge in [-0.15, -0.1) is 10.2 Å². The largest absolute Gasteiger partial charge is 0.465 e. The summed E-state index contributed by atoms with van der Waals surface area (Å²) in [6.07, 6.45) is 5.23. The van der Waals surface area contributed by atoms with Crippen molar-refractivity contribution in [2.75, 3.05) is 24.2 Å². The van der Waals surface area contributed by atoms with Crippen LogP contribution in [0.15, 0.2) is 4.34 Å². The van der Waals surface area contributed by atoms with Crippen LogP contribution in [-0.2, 0) is 19.1 Å². The van der Waals surface area contributed by atoms with Crippen molar-refractivity contribution in [2.24, 2.45) is 5.92 Å². The molecule has 0 bridgehead atoms. The van der Waals surface area contributed by atoms with Crippen molar-refractivity contribution >= 4 is 46.0 Å². The Morgan fingerprint density at radius 2 is 2.00 bits per heavy atom. The molecule has 1 aliphatic rings. The molecule has 2 N–H and O–H groups in total. The van der Waals surface area contributed by atoms with Crippen LogP contribution in [-0.4, -0.2) is 46.9 Å². The first kappa shape index (κ1) is 19.6. The number of nitrogens with zero attached hydrogens (tertiary/aromatic N) is 2. The van der Waals surface area contributed by atoms with Crippen molar-refractivity contribution in [1.29, 1.82) is 0 Å². The van der Waals surface area contributed by atoms with Crippen molar-refractivity contribution < 1.29 is 19.1 Å². The van der Waals surface area contributed by atoms with E-state index in [1.165, 1.54) is 29.5 Å². The van der Waals surface area contributed by atoms with E-state index >= 15 is 0 Å². The van der Waals surface area contributed by atoms with Crippen LogP contribution >= 0.6 is 23.1 Å². The van der Waals surface area contributed by atoms with Gasteiger partial charge in [0.15, 0.2) is 4.34 Å². The van der Waals surface area contributed by atoms with E-state index < -0.39 is 5.97 Å². The predicted molar refractivity (Wildman–Crippen MR) is 95.5 cm³/mol. The molecule has 138 valence electrons. The number of amides is 2. The monoisotopic (exact) mass is 386 g/mol. The first-order valence-corrected chi connectivity index (χ1v) is 10.1. The molecule has 0 aromatic carbocycles. The molecule has 0 saturated heterocycles. The molecule has 10 heteroatoms. The molecule has 2 rings (SSSR count). The minimum absolute atomic E-state index is 0.000389. The standard InChI is InChI=1S/C15H22N4O4S2/c1-2-23-12(21)8-16-11(20)9-24-15-19-18-14(25-15)17-13(22)10-6-4-3-5-7-10/h10H,2-9H2,1H3,(H,16,20)(H,17,18,22). The van der Waals surface area contributed by atoms with Gasteiger partial charge in [-0.2, -0.15) is 0 Å². The van der Waals surface area contributed by atoms with Crippen molar-refractivity contribution in [3.8, 4) is 0 Å². The van der Waals surface area contributed by atoms with Gasteiger partial charge in [0, 0.05) is 5.92 Å². The van der Waals surface area contributed by atoms with Crippen LogP contribution in [0.4, 0.5) is 5.13 Å². The maximum atomic E-state index is 12.2. The summed E-state index contributed by atoms with van der Waals surface area (Å²) < 4.78 is 5.31. The van der Waals surface area contributed by atoms with Gasteiger partial charge in [0.25, 0.3) is 0 Å². The topological polar surface area (TPSA) is 110 Å². The lowest BCUT2D eigenvalue weighted by atomic mass is 9.89. The molecule has 1 fully saturated rings. The average molecular weight is 386 g/mol. The van der Waals surface area contributed by atoms with Gasteiger partial charge in [0.2, 0.25) is 16.9 Å². The fourth-order valence-electron chi connectivity index (χ4n) is 2.45. The van der Waals surface area contributed by atoms with Gasteiger partial charge >= 0.3 is 5.97 Å². The fraction of sp³-hybridized carbons (Fsp3) is 0.667. The molecule has 8 nitrogen and oxygen atoms in total. The molecule has 1 heterocycles. The second-order valence-corrected chi connectivity index (χ2v) is 7.77. The second-order valence-electron chi connectivity index (χ2n) is 5.57. The lowest BCUT2D eigenvalue weighted by Crippen LogP contribution is -2.31. The van der Waals surface area contributed by atoms with Crippen molar-refractivity contribution in [1.82, 2.24) is 15.5 Å². The van der Waals surface area contributed by atoms with Gasteiger partial charge in [-0.1, -0.05) is 42.4 Å². The molecular weight excluding hydrogens is 364 g/mol. The lowest BCUT2D eigenvalue weighted by Gasteiger charge is -2.19. The summed E-state index contributed by atoms with van der Waals surface area (Å²) in [5, 5.41) is 13.6. The zero-order valence-electron chi connectivity index (χ0n) is 14.1. The Kier molecular flexibility index (Phi) is 8.13. The van der Waals surface area contributed by atoms with Crippen molar-refractivity contribution in [3.05, 3.63) is 0 Å². The van der Waals surface area contributed by atoms with Crippen LogP contribution in [0.3, 0.4) is 0 Å². The van der Waals surface area contributed by atoms with E-state index in [1.807, 2.05) is 0 Å². The Labute approximate surface area is 154 Å². The third kappa shape index (κ3) is 6.99. The van der Waals surface area contributed by atoms with Crippen molar-refractivity contribution in [3.63, 3.8) is 0 Å². The highest BCUT2D eigenvalue weighted by Crippen LogP contribution is 2.28. The van der Waals surface area contributed by atoms with E-state index in [0.717, 1.165) is 25.7 Å². The first-order chi connectivity index (χ1) is 12.1. The van der Waals surface area contributed by atoms with Crippen LogP contribution in [0.2, 0.25) is 0 Å². The SMILES string of the molecule is CCOC(=O)CNC(=O)CSc1nnc(NC(=O)C2CCCCC2)s1. The molecule has 0 aliphatic heterocycles. The number of anilines is 1. The predicted octanol–water partition coefficient (Wildman–Crippen LogP) is 1.83. The molecule has 1 aromatic rings. The number of rotatable bonds is 8. The van der Waals surface area contributed by atoms with E-state index in [0.29, 0.717) is 9.47 Å². The number of thioether (sulfide) groups is 1. The maximum Gasteiger partial charge on any atom is 0.325 e. The highest BCUT2D eigenvalue weighted by atomic mass is 32.2. The zero-order chi connectivity index (χ0) is 18.1. The molecular formula is C15H22N4O4S2. The number of aromatic nitrogens is 2. The van der Waals surface area contributed by atoms with E-state index in [9.17, 15) is 14.4 Å². The Bertz CT molecular complexity index is 602. The van der Waals surface area contributed by atoms with Crippen LogP contribution < -0.4 is 10.6 Å². The molecule has 0 atom stereocenters. The van der Waals surface area contributed by atoms with E-state index in [2.05, 4.69) is 20.8 Å². The molecule has 0 spiro atoms. The van der Waals surface area contributed by atoms with Gasteiger partial charge in [-0.3, -0.25) is 14.4 Å². The molecule has 1 aromatic heterocycles. The number of esters is 1. The van der Waals surface area contributed by atoms with Gasteiger partial charge in [0.05, 0.1) is 12.4 Å². The Balaban J connectivity index is 1.70. The summed E-state index contributed by atoms with van der Waals surface area (Å²) in [5.41, 5.74) is 0. The third-order valence-corrected chi connectivity index (χ3v) is 5.65. The number of carbonyl (C=O) groups is 3. The van der Waals surface area contributed by atoms with Crippen LogP contribution in [0.25, 0.3) is 0 Å². The fourth-order valence-corrected chi connectivity index (χ4v) is 4.04. The molecule has 0 radical (unpaired) electrons. The summed E-state index contributed by atoms with van der Waals surface area (Å²) in [5.74, 6) is -0.586. The summed E-state index contributed by atoms with van der Waals surface area (Å²) in [7, 11) is 0. The minimum atomic E-state index is -0.468. The number of carbonyl (C=O) groups excluding carboxylic acids is 3. The molecule has 1 saturated carbocycles. The highest BCUT2D eigenvalue weighted by Gasteiger charge is 2.22. The number of hydrogen-bond donors (Lipinski definition) is 2.